The number of nitrogens with zero attached hydrogens (tertiary/aromatic N) is 1. The molecule has 0 aliphatic heterocycles. The Morgan fingerprint density at radius 2 is 1.89 bits per heavy atom. The third-order valence-electron chi connectivity index (χ3n) is 2.20. The van der Waals surface area contributed by atoms with Gasteiger partial charge < -0.3 is 5.32 Å². The molecule has 0 unspecified atom stereocenters. The van der Waals surface area contributed by atoms with Crippen molar-refractivity contribution in [1.29, 1.82) is 0 Å². The number of aryl methyl sites for hydroxylation is 1. The molecule has 0 saturated carbocycles. The summed E-state index contributed by atoms with van der Waals surface area (Å²) in [6.07, 6.45) is 2.27. The van der Waals surface area contributed by atoms with E-state index in [-0.39, 0.29) is 0 Å². The van der Waals surface area contributed by atoms with Crippen molar-refractivity contribution < 1.29 is 9.59 Å². The molecule has 5 heteroatoms. The molecule has 0 aromatic heterocycles. The van der Waals surface area contributed by atoms with E-state index in [2.05, 4.69) is 15.8 Å². The van der Waals surface area contributed by atoms with Crippen LogP contribution in [-0.4, -0.2) is 24.6 Å². The largest absolute Gasteiger partial charge is 0.348 e. The average molecular weight is 247 g/mol. The topological polar surface area (TPSA) is 70.6 Å². The van der Waals surface area contributed by atoms with E-state index in [0.717, 1.165) is 17.5 Å². The van der Waals surface area contributed by atoms with Gasteiger partial charge in [-0.2, -0.15) is 5.10 Å². The molecule has 2 amide bonds. The van der Waals surface area contributed by atoms with Gasteiger partial charge in [-0.25, -0.2) is 5.43 Å². The summed E-state index contributed by atoms with van der Waals surface area (Å²) in [7, 11) is 0. The molecule has 1 rings (SSSR count). The van der Waals surface area contributed by atoms with Crippen molar-refractivity contribution in [2.45, 2.75) is 20.3 Å². The van der Waals surface area contributed by atoms with Crippen LogP contribution in [0.4, 0.5) is 0 Å². The fraction of sp³-hybridized carbons (Fsp3) is 0.308. The summed E-state index contributed by atoms with van der Waals surface area (Å²) in [4.78, 5) is 22.4. The Balaban J connectivity index is 2.42. The van der Waals surface area contributed by atoms with Gasteiger partial charge in [-0.1, -0.05) is 36.8 Å². The molecule has 1 aromatic carbocycles. The van der Waals surface area contributed by atoms with Gasteiger partial charge >= 0.3 is 11.8 Å². The molecule has 0 aliphatic carbocycles. The van der Waals surface area contributed by atoms with Crippen molar-refractivity contribution in [3.63, 3.8) is 0 Å². The number of carbonyl (C=O) groups excluding carboxylic acids is 2. The van der Waals surface area contributed by atoms with E-state index in [1.165, 1.54) is 6.21 Å². The van der Waals surface area contributed by atoms with Crippen LogP contribution in [-0.2, 0) is 9.59 Å². The molecule has 2 N–H and O–H groups in total. The smallest absolute Gasteiger partial charge is 0.329 e. The Morgan fingerprint density at radius 3 is 2.50 bits per heavy atom. The Bertz CT molecular complexity index is 438. The van der Waals surface area contributed by atoms with E-state index >= 15 is 0 Å². The van der Waals surface area contributed by atoms with E-state index in [1.807, 2.05) is 38.1 Å². The summed E-state index contributed by atoms with van der Waals surface area (Å²) in [6.45, 7) is 4.38. The summed E-state index contributed by atoms with van der Waals surface area (Å²) in [5.74, 6) is -1.43. The number of rotatable bonds is 4. The van der Waals surface area contributed by atoms with Crippen LogP contribution in [0, 0.1) is 6.92 Å². The van der Waals surface area contributed by atoms with E-state index in [0.29, 0.717) is 6.54 Å². The first kappa shape index (κ1) is 13.9. The zero-order chi connectivity index (χ0) is 13.4. The molecule has 96 valence electrons. The fourth-order valence-corrected chi connectivity index (χ4v) is 1.19. The van der Waals surface area contributed by atoms with Crippen LogP contribution in [0.15, 0.2) is 29.4 Å². The number of nitrogens with one attached hydrogen (secondary N) is 2. The molecule has 0 fully saturated rings. The summed E-state index contributed by atoms with van der Waals surface area (Å²) in [6, 6.07) is 7.64. The molecule has 0 spiro atoms. The van der Waals surface area contributed by atoms with Gasteiger partial charge in [0.1, 0.15) is 0 Å². The summed E-state index contributed by atoms with van der Waals surface area (Å²) >= 11 is 0. The van der Waals surface area contributed by atoms with Gasteiger partial charge in [0.25, 0.3) is 0 Å². The van der Waals surface area contributed by atoms with Crippen LogP contribution in [0.1, 0.15) is 24.5 Å². The second-order valence-electron chi connectivity index (χ2n) is 3.87. The SMILES string of the molecule is CCCNC(=O)C(=O)NN=Cc1ccc(C)cc1. The van der Waals surface area contributed by atoms with Gasteiger partial charge in [0.15, 0.2) is 0 Å². The Labute approximate surface area is 106 Å². The van der Waals surface area contributed by atoms with E-state index in [4.69, 9.17) is 0 Å². The minimum atomic E-state index is -0.758. The predicted molar refractivity (Wildman–Crippen MR) is 70.2 cm³/mol. The minimum absolute atomic E-state index is 0.480. The molecule has 0 atom stereocenters. The Kier molecular flexibility index (Phi) is 5.57. The van der Waals surface area contributed by atoms with Crippen LogP contribution in [0.5, 0.6) is 0 Å². The van der Waals surface area contributed by atoms with Crippen molar-refractivity contribution in [3.8, 4) is 0 Å². The van der Waals surface area contributed by atoms with Crippen LogP contribution >= 0.6 is 0 Å². The van der Waals surface area contributed by atoms with E-state index in [9.17, 15) is 9.59 Å². The highest BCUT2D eigenvalue weighted by molar-refractivity contribution is 6.35. The number of amides is 2. The molecule has 0 heterocycles. The third-order valence-corrected chi connectivity index (χ3v) is 2.20. The van der Waals surface area contributed by atoms with Crippen molar-refractivity contribution in [2.24, 2.45) is 5.10 Å². The predicted octanol–water partition coefficient (Wildman–Crippen LogP) is 0.971. The van der Waals surface area contributed by atoms with Gasteiger partial charge in [0, 0.05) is 6.54 Å². The molecule has 0 bridgehead atoms. The van der Waals surface area contributed by atoms with Gasteiger partial charge in [0.2, 0.25) is 0 Å². The Hall–Kier alpha value is -2.17. The highest BCUT2D eigenvalue weighted by Gasteiger charge is 2.10. The second-order valence-corrected chi connectivity index (χ2v) is 3.87. The normalized spacial score (nSPS) is 10.3. The Morgan fingerprint density at radius 1 is 1.22 bits per heavy atom. The molecule has 0 radical (unpaired) electrons. The van der Waals surface area contributed by atoms with Crippen LogP contribution in [0.2, 0.25) is 0 Å². The van der Waals surface area contributed by atoms with Gasteiger partial charge in [0.05, 0.1) is 6.21 Å². The van der Waals surface area contributed by atoms with Crippen LogP contribution < -0.4 is 10.7 Å². The maximum Gasteiger partial charge on any atom is 0.329 e. The van der Waals surface area contributed by atoms with Crippen molar-refractivity contribution >= 4 is 18.0 Å². The monoisotopic (exact) mass is 247 g/mol. The molecule has 0 aliphatic rings. The first-order valence-corrected chi connectivity index (χ1v) is 5.81. The zero-order valence-corrected chi connectivity index (χ0v) is 10.6. The molecular formula is C13H17N3O2. The van der Waals surface area contributed by atoms with Gasteiger partial charge in [-0.05, 0) is 18.9 Å². The number of hydrazone groups is 1. The molecular weight excluding hydrogens is 230 g/mol. The highest BCUT2D eigenvalue weighted by atomic mass is 16.2. The zero-order valence-electron chi connectivity index (χ0n) is 10.6. The number of benzene rings is 1. The molecule has 1 aromatic rings. The lowest BCUT2D eigenvalue weighted by Crippen LogP contribution is -2.38. The second kappa shape index (κ2) is 7.21. The highest BCUT2D eigenvalue weighted by Crippen LogP contribution is 1.99. The van der Waals surface area contributed by atoms with Crippen molar-refractivity contribution in [2.75, 3.05) is 6.54 Å². The van der Waals surface area contributed by atoms with Crippen LogP contribution in [0.3, 0.4) is 0 Å². The van der Waals surface area contributed by atoms with Crippen molar-refractivity contribution in [1.82, 2.24) is 10.7 Å². The lowest BCUT2D eigenvalue weighted by atomic mass is 10.2. The summed E-state index contributed by atoms with van der Waals surface area (Å²) in [5.41, 5.74) is 4.18. The quantitative estimate of drug-likeness (QED) is 0.473. The molecule has 18 heavy (non-hydrogen) atoms. The summed E-state index contributed by atoms with van der Waals surface area (Å²) in [5, 5.41) is 6.18. The number of hydrogen-bond donors (Lipinski definition) is 2. The lowest BCUT2D eigenvalue weighted by molar-refractivity contribution is -0.139. The number of carbonyl (C=O) groups is 2. The fourth-order valence-electron chi connectivity index (χ4n) is 1.19. The van der Waals surface area contributed by atoms with E-state index < -0.39 is 11.8 Å². The molecule has 0 saturated heterocycles. The van der Waals surface area contributed by atoms with Crippen LogP contribution in [0.25, 0.3) is 0 Å². The van der Waals surface area contributed by atoms with Gasteiger partial charge in [-0.15, -0.1) is 0 Å². The average Bonchev–Trinajstić information content (AvgIpc) is 2.38. The maximum atomic E-state index is 11.3. The minimum Gasteiger partial charge on any atom is -0.348 e. The summed E-state index contributed by atoms with van der Waals surface area (Å²) < 4.78 is 0. The van der Waals surface area contributed by atoms with Crippen molar-refractivity contribution in [3.05, 3.63) is 35.4 Å². The first-order chi connectivity index (χ1) is 8.63. The molecule has 5 nitrogen and oxygen atoms in total. The third kappa shape index (κ3) is 4.78. The lowest BCUT2D eigenvalue weighted by Gasteiger charge is -2.01. The number of hydrogen-bond acceptors (Lipinski definition) is 3. The van der Waals surface area contributed by atoms with E-state index in [1.54, 1.807) is 0 Å². The van der Waals surface area contributed by atoms with Gasteiger partial charge in [-0.3, -0.25) is 9.59 Å². The first-order valence-electron chi connectivity index (χ1n) is 5.81. The maximum absolute atomic E-state index is 11.3. The standard InChI is InChI=1S/C13H17N3O2/c1-3-8-14-12(17)13(18)16-15-9-11-6-4-10(2)5-7-11/h4-7,9H,3,8H2,1-2H3,(H,14,17)(H,16,18).